The van der Waals surface area contributed by atoms with E-state index < -0.39 is 0 Å². The molecule has 0 saturated carbocycles. The van der Waals surface area contributed by atoms with Crippen LogP contribution in [-0.4, -0.2) is 30.3 Å². The molecule has 0 spiro atoms. The number of aldehydes is 1. The van der Waals surface area contributed by atoms with Crippen LogP contribution in [0.3, 0.4) is 0 Å². The third-order valence-electron chi connectivity index (χ3n) is 1.77. The largest absolute Gasteiger partial charge is 0.347 e. The molecule has 4 nitrogen and oxygen atoms in total. The highest BCUT2D eigenvalue weighted by molar-refractivity contribution is 5.55. The van der Waals surface area contributed by atoms with E-state index in [0.717, 1.165) is 17.5 Å². The van der Waals surface area contributed by atoms with Crippen molar-refractivity contribution in [2.75, 3.05) is 19.0 Å². The first-order valence-electron chi connectivity index (χ1n) is 4.08. The second kappa shape index (κ2) is 3.98. The van der Waals surface area contributed by atoms with Gasteiger partial charge in [0.25, 0.3) is 0 Å². The van der Waals surface area contributed by atoms with Crippen LogP contribution in [0.15, 0.2) is 6.20 Å². The van der Waals surface area contributed by atoms with Crippen LogP contribution in [0.5, 0.6) is 0 Å². The molecular weight excluding hydrogens is 166 g/mol. The minimum atomic E-state index is 0.388. The minimum Gasteiger partial charge on any atom is -0.347 e. The maximum atomic E-state index is 10.3. The van der Waals surface area contributed by atoms with Crippen LogP contribution in [0.25, 0.3) is 0 Å². The van der Waals surface area contributed by atoms with Crippen LogP contribution in [0.4, 0.5) is 5.95 Å². The molecule has 1 rings (SSSR count). The van der Waals surface area contributed by atoms with Crippen molar-refractivity contribution >= 4 is 12.2 Å². The molecule has 0 unspecified atom stereocenters. The van der Waals surface area contributed by atoms with Gasteiger partial charge in [0.15, 0.2) is 0 Å². The molecule has 0 amide bonds. The fraction of sp³-hybridized carbons (Fsp3) is 0.444. The Hall–Kier alpha value is -1.45. The predicted molar refractivity (Wildman–Crippen MR) is 50.9 cm³/mol. The van der Waals surface area contributed by atoms with Crippen molar-refractivity contribution in [3.05, 3.63) is 17.5 Å². The normalized spacial score (nSPS) is 9.77. The van der Waals surface area contributed by atoms with Crippen molar-refractivity contribution < 1.29 is 4.79 Å². The van der Waals surface area contributed by atoms with E-state index in [0.29, 0.717) is 12.4 Å². The summed E-state index contributed by atoms with van der Waals surface area (Å²) in [5, 5.41) is 0. The SMILES string of the molecule is Cc1nc(N(C)C)ncc1CC=O. The van der Waals surface area contributed by atoms with E-state index in [2.05, 4.69) is 9.97 Å². The van der Waals surface area contributed by atoms with Gasteiger partial charge in [-0.3, -0.25) is 0 Å². The Morgan fingerprint density at radius 1 is 1.54 bits per heavy atom. The van der Waals surface area contributed by atoms with Gasteiger partial charge in [-0.2, -0.15) is 0 Å². The first-order chi connectivity index (χ1) is 6.15. The maximum Gasteiger partial charge on any atom is 0.224 e. The Balaban J connectivity index is 2.98. The third kappa shape index (κ3) is 2.24. The van der Waals surface area contributed by atoms with E-state index in [1.165, 1.54) is 0 Å². The lowest BCUT2D eigenvalue weighted by Crippen LogP contribution is -2.13. The second-order valence-corrected chi connectivity index (χ2v) is 3.05. The number of anilines is 1. The molecule has 0 radical (unpaired) electrons. The summed E-state index contributed by atoms with van der Waals surface area (Å²) in [6, 6.07) is 0. The lowest BCUT2D eigenvalue weighted by atomic mass is 10.2. The fourth-order valence-electron chi connectivity index (χ4n) is 0.985. The van der Waals surface area contributed by atoms with Gasteiger partial charge in [0.05, 0.1) is 0 Å². The van der Waals surface area contributed by atoms with Gasteiger partial charge in [0, 0.05) is 32.4 Å². The molecule has 4 heteroatoms. The highest BCUT2D eigenvalue weighted by atomic mass is 16.1. The number of carbonyl (C=O) groups excluding carboxylic acids is 1. The van der Waals surface area contributed by atoms with Gasteiger partial charge in [-0.05, 0) is 12.5 Å². The van der Waals surface area contributed by atoms with Crippen molar-refractivity contribution in [2.24, 2.45) is 0 Å². The molecule has 0 fully saturated rings. The Bertz CT molecular complexity index is 310. The number of hydrogen-bond donors (Lipinski definition) is 0. The fourth-order valence-corrected chi connectivity index (χ4v) is 0.985. The summed E-state index contributed by atoms with van der Waals surface area (Å²) in [6.45, 7) is 1.88. The molecule has 70 valence electrons. The molecule has 1 aromatic rings. The third-order valence-corrected chi connectivity index (χ3v) is 1.77. The maximum absolute atomic E-state index is 10.3. The summed E-state index contributed by atoms with van der Waals surface area (Å²) in [5.41, 5.74) is 1.76. The second-order valence-electron chi connectivity index (χ2n) is 3.05. The molecule has 1 heterocycles. The van der Waals surface area contributed by atoms with Gasteiger partial charge < -0.3 is 9.69 Å². The van der Waals surface area contributed by atoms with E-state index in [1.54, 1.807) is 6.20 Å². The summed E-state index contributed by atoms with van der Waals surface area (Å²) in [5.74, 6) is 0.673. The summed E-state index contributed by atoms with van der Waals surface area (Å²) in [7, 11) is 3.77. The zero-order valence-corrected chi connectivity index (χ0v) is 8.11. The first-order valence-corrected chi connectivity index (χ1v) is 4.08. The van der Waals surface area contributed by atoms with Crippen molar-refractivity contribution in [1.29, 1.82) is 0 Å². The van der Waals surface area contributed by atoms with Gasteiger partial charge in [0.1, 0.15) is 6.29 Å². The van der Waals surface area contributed by atoms with Gasteiger partial charge in [0.2, 0.25) is 5.95 Å². The zero-order chi connectivity index (χ0) is 9.84. The Labute approximate surface area is 77.6 Å². The summed E-state index contributed by atoms with van der Waals surface area (Å²) in [4.78, 5) is 20.5. The molecule has 1 aromatic heterocycles. The van der Waals surface area contributed by atoms with Gasteiger partial charge in [-0.1, -0.05) is 0 Å². The molecule has 0 bridgehead atoms. The van der Waals surface area contributed by atoms with Crippen LogP contribution < -0.4 is 4.90 Å². The van der Waals surface area contributed by atoms with E-state index in [-0.39, 0.29) is 0 Å². The van der Waals surface area contributed by atoms with E-state index in [4.69, 9.17) is 0 Å². The van der Waals surface area contributed by atoms with Crippen molar-refractivity contribution in [3.63, 3.8) is 0 Å². The summed E-state index contributed by atoms with van der Waals surface area (Å²) < 4.78 is 0. The van der Waals surface area contributed by atoms with Gasteiger partial charge in [-0.15, -0.1) is 0 Å². The van der Waals surface area contributed by atoms with Crippen molar-refractivity contribution in [3.8, 4) is 0 Å². The topological polar surface area (TPSA) is 46.1 Å². The van der Waals surface area contributed by atoms with E-state index in [1.807, 2.05) is 25.9 Å². The van der Waals surface area contributed by atoms with Gasteiger partial charge in [-0.25, -0.2) is 9.97 Å². The molecule has 0 aliphatic carbocycles. The van der Waals surface area contributed by atoms with Crippen LogP contribution in [0.2, 0.25) is 0 Å². The zero-order valence-electron chi connectivity index (χ0n) is 8.11. The average molecular weight is 179 g/mol. The number of aryl methyl sites for hydroxylation is 1. The molecular formula is C9H13N3O. The number of nitrogens with zero attached hydrogens (tertiary/aromatic N) is 3. The Morgan fingerprint density at radius 3 is 2.69 bits per heavy atom. The highest BCUT2D eigenvalue weighted by Gasteiger charge is 2.03. The van der Waals surface area contributed by atoms with Crippen molar-refractivity contribution in [2.45, 2.75) is 13.3 Å². The molecule has 0 saturated heterocycles. The molecule has 13 heavy (non-hydrogen) atoms. The Kier molecular flexibility index (Phi) is 2.95. The van der Waals surface area contributed by atoms with Gasteiger partial charge >= 0.3 is 0 Å². The smallest absolute Gasteiger partial charge is 0.224 e. The summed E-state index contributed by atoms with van der Waals surface area (Å²) >= 11 is 0. The monoisotopic (exact) mass is 179 g/mol. The molecule has 0 aliphatic rings. The standard InChI is InChI=1S/C9H13N3O/c1-7-8(4-5-13)6-10-9(11-7)12(2)3/h5-6H,4H2,1-3H3. The van der Waals surface area contributed by atoms with E-state index >= 15 is 0 Å². The van der Waals surface area contributed by atoms with Crippen LogP contribution in [0, 0.1) is 6.92 Å². The lowest BCUT2D eigenvalue weighted by molar-refractivity contribution is -0.107. The van der Waals surface area contributed by atoms with Crippen molar-refractivity contribution in [1.82, 2.24) is 9.97 Å². The van der Waals surface area contributed by atoms with Crippen LogP contribution >= 0.6 is 0 Å². The molecule has 0 aliphatic heterocycles. The van der Waals surface area contributed by atoms with E-state index in [9.17, 15) is 4.79 Å². The average Bonchev–Trinajstić information content (AvgIpc) is 2.08. The quantitative estimate of drug-likeness (QED) is 0.637. The summed E-state index contributed by atoms with van der Waals surface area (Å²) in [6.07, 6.45) is 2.95. The number of carbonyl (C=O) groups is 1. The minimum absolute atomic E-state index is 0.388. The van der Waals surface area contributed by atoms with Crippen LogP contribution in [-0.2, 0) is 11.2 Å². The number of rotatable bonds is 3. The Morgan fingerprint density at radius 2 is 2.23 bits per heavy atom. The van der Waals surface area contributed by atoms with Crippen LogP contribution in [0.1, 0.15) is 11.3 Å². The highest BCUT2D eigenvalue weighted by Crippen LogP contribution is 2.08. The first kappa shape index (κ1) is 9.64. The number of hydrogen-bond acceptors (Lipinski definition) is 4. The lowest BCUT2D eigenvalue weighted by Gasteiger charge is -2.11. The predicted octanol–water partition coefficient (Wildman–Crippen LogP) is 0.592. The molecule has 0 aromatic carbocycles. The molecule has 0 N–H and O–H groups in total. The molecule has 0 atom stereocenters. The number of aromatic nitrogens is 2.